The van der Waals surface area contributed by atoms with Gasteiger partial charge < -0.3 is 4.74 Å². The third-order valence-corrected chi connectivity index (χ3v) is 11.6. The highest BCUT2D eigenvalue weighted by Crippen LogP contribution is 2.65. The lowest BCUT2D eigenvalue weighted by Gasteiger charge is -2.40. The van der Waals surface area contributed by atoms with Crippen LogP contribution in [0.5, 0.6) is 5.75 Å². The zero-order chi connectivity index (χ0) is 26.7. The van der Waals surface area contributed by atoms with Gasteiger partial charge in [-0.25, -0.2) is 0 Å². The largest absolute Gasteiger partial charge is 0.489 e. The van der Waals surface area contributed by atoms with Crippen LogP contribution in [0.3, 0.4) is 0 Å². The SMILES string of the molecule is O=c1sc2c(n1-c1ccccc1)S[C@H]1[C@H]3CC[C@H](C3)[C@H]1[C@@H]2c1cc([N+](=O)[O-])ccc1OCc1ccccc1Cl. The van der Waals surface area contributed by atoms with Crippen LogP contribution in [0.1, 0.15) is 41.2 Å². The number of para-hydroxylation sites is 1. The number of fused-ring (bicyclic) bond motifs is 6. The molecule has 3 aromatic carbocycles. The summed E-state index contributed by atoms with van der Waals surface area (Å²) in [5, 5.41) is 13.9. The molecule has 0 spiro atoms. The Labute approximate surface area is 238 Å². The standard InChI is InChI=1S/C30H25ClN2O4S2/c31-23-9-5-4-6-19(23)16-37-24-13-12-21(33(35)36)15-22(24)26-25-17-10-11-18(14-17)27(25)38-29-28(26)39-30(34)32(29)20-7-2-1-3-8-20/h1-9,12-13,15,17-18,25-27H,10-11,14,16H2/t17-,18+,25+,26+,27+/m1/s1. The number of nitro groups is 1. The minimum Gasteiger partial charge on any atom is -0.489 e. The number of ether oxygens (including phenoxy) is 1. The fraction of sp³-hybridized carbons (Fsp3) is 0.300. The number of non-ortho nitro benzene ring substituents is 1. The van der Waals surface area contributed by atoms with Gasteiger partial charge in [0.05, 0.1) is 15.6 Å². The van der Waals surface area contributed by atoms with E-state index in [1.165, 1.54) is 30.2 Å². The van der Waals surface area contributed by atoms with Crippen LogP contribution in [0.15, 0.2) is 82.6 Å². The highest BCUT2D eigenvalue weighted by atomic mass is 35.5. The van der Waals surface area contributed by atoms with E-state index in [2.05, 4.69) is 0 Å². The molecule has 3 aliphatic rings. The number of hydrogen-bond donors (Lipinski definition) is 0. The molecular formula is C30H25ClN2O4S2. The van der Waals surface area contributed by atoms with Crippen molar-refractivity contribution in [1.82, 2.24) is 4.57 Å². The van der Waals surface area contributed by atoms with Gasteiger partial charge >= 0.3 is 4.87 Å². The molecule has 39 heavy (non-hydrogen) atoms. The Morgan fingerprint density at radius 1 is 1.03 bits per heavy atom. The quantitative estimate of drug-likeness (QED) is 0.174. The highest BCUT2D eigenvalue weighted by Gasteiger charge is 2.56. The molecule has 5 atom stereocenters. The summed E-state index contributed by atoms with van der Waals surface area (Å²) < 4.78 is 8.20. The normalized spacial score (nSPS) is 24.8. The van der Waals surface area contributed by atoms with Gasteiger partial charge in [-0.05, 0) is 61.3 Å². The fourth-order valence-corrected chi connectivity index (χ4v) is 10.2. The fourth-order valence-electron chi connectivity index (χ4n) is 6.85. The van der Waals surface area contributed by atoms with E-state index in [0.29, 0.717) is 33.8 Å². The van der Waals surface area contributed by atoms with Crippen LogP contribution in [0, 0.1) is 27.9 Å². The summed E-state index contributed by atoms with van der Waals surface area (Å²) in [6.45, 7) is 0.250. The first-order valence-corrected chi connectivity index (χ1v) is 15.2. The van der Waals surface area contributed by atoms with Gasteiger partial charge in [0, 0.05) is 44.3 Å². The smallest absolute Gasteiger partial charge is 0.312 e. The molecule has 0 unspecified atom stereocenters. The van der Waals surface area contributed by atoms with E-state index >= 15 is 0 Å². The van der Waals surface area contributed by atoms with Crippen LogP contribution in [-0.4, -0.2) is 14.7 Å². The number of aromatic nitrogens is 1. The second-order valence-corrected chi connectivity index (χ2v) is 13.1. The van der Waals surface area contributed by atoms with Crippen LogP contribution in [-0.2, 0) is 6.61 Å². The van der Waals surface area contributed by atoms with Crippen molar-refractivity contribution in [3.63, 3.8) is 0 Å². The average Bonchev–Trinajstić information content (AvgIpc) is 3.65. The molecule has 2 heterocycles. The molecule has 9 heteroatoms. The zero-order valence-electron chi connectivity index (χ0n) is 20.9. The Bertz CT molecular complexity index is 1640. The minimum absolute atomic E-state index is 0.0278. The van der Waals surface area contributed by atoms with Crippen LogP contribution in [0.2, 0.25) is 5.02 Å². The molecule has 0 saturated heterocycles. The lowest BCUT2D eigenvalue weighted by atomic mass is 9.74. The Morgan fingerprint density at radius 3 is 2.59 bits per heavy atom. The van der Waals surface area contributed by atoms with Crippen molar-refractivity contribution in [1.29, 1.82) is 0 Å². The van der Waals surface area contributed by atoms with E-state index in [1.807, 2.05) is 70.9 Å². The van der Waals surface area contributed by atoms with Gasteiger partial charge in [0.25, 0.3) is 5.69 Å². The predicted molar refractivity (Wildman–Crippen MR) is 155 cm³/mol. The molecular weight excluding hydrogens is 552 g/mol. The maximum Gasteiger partial charge on any atom is 0.312 e. The number of benzene rings is 3. The Balaban J connectivity index is 1.39. The second kappa shape index (κ2) is 9.84. The third-order valence-electron chi connectivity index (χ3n) is 8.51. The highest BCUT2D eigenvalue weighted by molar-refractivity contribution is 8.00. The molecule has 7 rings (SSSR count). The summed E-state index contributed by atoms with van der Waals surface area (Å²) in [6.07, 6.45) is 3.54. The summed E-state index contributed by atoms with van der Waals surface area (Å²) in [7, 11) is 0. The summed E-state index contributed by atoms with van der Waals surface area (Å²) >= 11 is 9.51. The summed E-state index contributed by atoms with van der Waals surface area (Å²) in [5.41, 5.74) is 2.52. The summed E-state index contributed by atoms with van der Waals surface area (Å²) in [4.78, 5) is 26.0. The third kappa shape index (κ3) is 4.20. The number of nitrogens with zero attached hydrogens (tertiary/aromatic N) is 2. The molecule has 2 bridgehead atoms. The monoisotopic (exact) mass is 576 g/mol. The Kier molecular flexibility index (Phi) is 6.29. The second-order valence-electron chi connectivity index (χ2n) is 10.5. The number of hydrogen-bond acceptors (Lipinski definition) is 6. The van der Waals surface area contributed by atoms with Crippen molar-refractivity contribution >= 4 is 40.4 Å². The lowest BCUT2D eigenvalue weighted by Crippen LogP contribution is -2.34. The Morgan fingerprint density at radius 2 is 1.79 bits per heavy atom. The topological polar surface area (TPSA) is 74.4 Å². The van der Waals surface area contributed by atoms with Gasteiger partial charge in [0.2, 0.25) is 0 Å². The van der Waals surface area contributed by atoms with E-state index in [0.717, 1.165) is 33.1 Å². The lowest BCUT2D eigenvalue weighted by molar-refractivity contribution is -0.385. The van der Waals surface area contributed by atoms with Gasteiger partial charge in [-0.2, -0.15) is 0 Å². The van der Waals surface area contributed by atoms with Gasteiger partial charge in [-0.3, -0.25) is 19.5 Å². The Hall–Kier alpha value is -3.07. The minimum atomic E-state index is -0.351. The molecule has 2 fully saturated rings. The van der Waals surface area contributed by atoms with E-state index in [4.69, 9.17) is 16.3 Å². The molecule has 0 N–H and O–H groups in total. The molecule has 1 aliphatic heterocycles. The van der Waals surface area contributed by atoms with Crippen molar-refractivity contribution in [3.05, 3.63) is 114 Å². The van der Waals surface area contributed by atoms with Gasteiger partial charge in [-0.15, -0.1) is 11.8 Å². The first-order valence-electron chi connectivity index (χ1n) is 13.1. The molecule has 198 valence electrons. The summed E-state index contributed by atoms with van der Waals surface area (Å²) in [6, 6.07) is 22.2. The van der Waals surface area contributed by atoms with Crippen LogP contribution >= 0.6 is 34.7 Å². The molecule has 2 aliphatic carbocycles. The maximum atomic E-state index is 13.5. The van der Waals surface area contributed by atoms with Crippen LogP contribution in [0.25, 0.3) is 5.69 Å². The van der Waals surface area contributed by atoms with Crippen molar-refractivity contribution < 1.29 is 9.66 Å². The molecule has 0 amide bonds. The van der Waals surface area contributed by atoms with E-state index < -0.39 is 0 Å². The average molecular weight is 577 g/mol. The van der Waals surface area contributed by atoms with Crippen molar-refractivity contribution in [2.75, 3.05) is 0 Å². The number of halogens is 1. The van der Waals surface area contributed by atoms with Crippen molar-refractivity contribution in [2.24, 2.45) is 17.8 Å². The maximum absolute atomic E-state index is 13.5. The molecule has 0 radical (unpaired) electrons. The van der Waals surface area contributed by atoms with Gasteiger partial charge in [0.15, 0.2) is 0 Å². The summed E-state index contributed by atoms with van der Waals surface area (Å²) in [5.74, 6) is 1.88. The van der Waals surface area contributed by atoms with Gasteiger partial charge in [0.1, 0.15) is 12.4 Å². The zero-order valence-corrected chi connectivity index (χ0v) is 23.3. The number of thiazole rings is 1. The number of thioether (sulfide) groups is 1. The molecule has 1 aromatic heterocycles. The molecule has 4 aromatic rings. The van der Waals surface area contributed by atoms with Gasteiger partial charge in [-0.1, -0.05) is 59.3 Å². The molecule has 6 nitrogen and oxygen atoms in total. The van der Waals surface area contributed by atoms with E-state index in [-0.39, 0.29) is 28.0 Å². The van der Waals surface area contributed by atoms with E-state index in [1.54, 1.807) is 12.1 Å². The first kappa shape index (κ1) is 24.9. The number of nitro benzene ring substituents is 1. The predicted octanol–water partition coefficient (Wildman–Crippen LogP) is 7.69. The van der Waals surface area contributed by atoms with Crippen molar-refractivity contribution in [3.8, 4) is 11.4 Å². The van der Waals surface area contributed by atoms with Crippen LogP contribution in [0.4, 0.5) is 5.69 Å². The van der Waals surface area contributed by atoms with Crippen molar-refractivity contribution in [2.45, 2.75) is 42.1 Å². The number of rotatable bonds is 6. The van der Waals surface area contributed by atoms with Crippen LogP contribution < -0.4 is 9.61 Å². The molecule has 2 saturated carbocycles. The van der Waals surface area contributed by atoms with E-state index in [9.17, 15) is 14.9 Å². The first-order chi connectivity index (χ1) is 19.0.